The molecule has 0 saturated heterocycles. The topological polar surface area (TPSA) is 72.2 Å². The van der Waals surface area contributed by atoms with Gasteiger partial charge in [-0.2, -0.15) is 0 Å². The zero-order chi connectivity index (χ0) is 14.7. The van der Waals surface area contributed by atoms with Crippen LogP contribution in [0.5, 0.6) is 0 Å². The third-order valence-corrected chi connectivity index (χ3v) is 4.56. The van der Waals surface area contributed by atoms with Gasteiger partial charge in [-0.25, -0.2) is 4.98 Å². The van der Waals surface area contributed by atoms with E-state index in [2.05, 4.69) is 4.98 Å². The Bertz CT molecular complexity index is 688. The Kier molecular flexibility index (Phi) is 4.54. The molecule has 5 nitrogen and oxygen atoms in total. The number of hydrogen-bond donors (Lipinski definition) is 1. The Balaban J connectivity index is 2.08. The van der Waals surface area contributed by atoms with Crippen LogP contribution in [0.25, 0.3) is 10.2 Å². The van der Waals surface area contributed by atoms with Crippen molar-refractivity contribution in [1.82, 2.24) is 9.55 Å². The molecule has 0 aromatic carbocycles. The van der Waals surface area contributed by atoms with Gasteiger partial charge in [-0.05, 0) is 32.3 Å². The zero-order valence-corrected chi connectivity index (χ0v) is 12.5. The molecule has 0 unspecified atom stereocenters. The first-order valence-electron chi connectivity index (χ1n) is 6.67. The average Bonchev–Trinajstić information content (AvgIpc) is 2.68. The van der Waals surface area contributed by atoms with Crippen molar-refractivity contribution >= 4 is 27.5 Å². The molecule has 0 saturated carbocycles. The summed E-state index contributed by atoms with van der Waals surface area (Å²) in [5.74, 6) is -0.769. The number of rotatable bonds is 6. The second-order valence-corrected chi connectivity index (χ2v) is 6.11. The normalized spacial score (nSPS) is 11.1. The van der Waals surface area contributed by atoms with Crippen LogP contribution >= 0.6 is 11.3 Å². The minimum absolute atomic E-state index is 0.00934. The maximum atomic E-state index is 12.4. The molecule has 6 heteroatoms. The van der Waals surface area contributed by atoms with Crippen LogP contribution in [0.3, 0.4) is 0 Å². The lowest BCUT2D eigenvalue weighted by atomic mass is 10.2. The first-order chi connectivity index (χ1) is 9.50. The van der Waals surface area contributed by atoms with Crippen LogP contribution in [0.15, 0.2) is 11.1 Å². The summed E-state index contributed by atoms with van der Waals surface area (Å²) in [5.41, 5.74) is 1.03. The lowest BCUT2D eigenvalue weighted by Gasteiger charge is -2.05. The number of carboxylic acids is 1. The van der Waals surface area contributed by atoms with Crippen LogP contribution in [0.1, 0.15) is 36.1 Å². The van der Waals surface area contributed by atoms with Crippen molar-refractivity contribution in [2.45, 2.75) is 46.1 Å². The molecule has 20 heavy (non-hydrogen) atoms. The van der Waals surface area contributed by atoms with Gasteiger partial charge in [-0.15, -0.1) is 11.3 Å². The highest BCUT2D eigenvalue weighted by Gasteiger charge is 2.11. The van der Waals surface area contributed by atoms with Gasteiger partial charge in [0.05, 0.1) is 11.7 Å². The van der Waals surface area contributed by atoms with E-state index in [1.165, 1.54) is 0 Å². The van der Waals surface area contributed by atoms with Gasteiger partial charge in [-0.3, -0.25) is 14.2 Å². The molecule has 0 spiro atoms. The number of aryl methyl sites for hydroxylation is 3. The molecule has 0 aliphatic heterocycles. The summed E-state index contributed by atoms with van der Waals surface area (Å²) in [7, 11) is 0. The van der Waals surface area contributed by atoms with E-state index in [4.69, 9.17) is 5.11 Å². The maximum Gasteiger partial charge on any atom is 0.303 e. The van der Waals surface area contributed by atoms with Gasteiger partial charge in [0.15, 0.2) is 0 Å². The second-order valence-electron chi connectivity index (χ2n) is 4.91. The van der Waals surface area contributed by atoms with E-state index < -0.39 is 5.97 Å². The largest absolute Gasteiger partial charge is 0.481 e. The highest BCUT2D eigenvalue weighted by Crippen LogP contribution is 2.25. The van der Waals surface area contributed by atoms with Crippen molar-refractivity contribution in [2.24, 2.45) is 0 Å². The van der Waals surface area contributed by atoms with Gasteiger partial charge in [0, 0.05) is 17.8 Å². The third kappa shape index (κ3) is 3.07. The summed E-state index contributed by atoms with van der Waals surface area (Å²) in [4.78, 5) is 29.0. The number of fused-ring (bicyclic) bond motifs is 1. The lowest BCUT2D eigenvalue weighted by molar-refractivity contribution is -0.137. The summed E-state index contributed by atoms with van der Waals surface area (Å²) in [6.45, 7) is 4.54. The lowest BCUT2D eigenvalue weighted by Crippen LogP contribution is -2.20. The summed E-state index contributed by atoms with van der Waals surface area (Å²) >= 11 is 1.55. The van der Waals surface area contributed by atoms with Crippen molar-refractivity contribution in [3.8, 4) is 0 Å². The molecule has 1 N–H and O–H groups in total. The second kappa shape index (κ2) is 6.17. The fourth-order valence-corrected chi connectivity index (χ4v) is 3.15. The van der Waals surface area contributed by atoms with Crippen LogP contribution in [-0.4, -0.2) is 20.6 Å². The minimum Gasteiger partial charge on any atom is -0.481 e. The smallest absolute Gasteiger partial charge is 0.303 e. The van der Waals surface area contributed by atoms with E-state index in [1.54, 1.807) is 22.2 Å². The summed E-state index contributed by atoms with van der Waals surface area (Å²) in [5, 5.41) is 9.28. The van der Waals surface area contributed by atoms with Gasteiger partial charge in [0.1, 0.15) is 4.83 Å². The van der Waals surface area contributed by atoms with E-state index in [-0.39, 0.29) is 12.0 Å². The SMILES string of the molecule is Cc1sc2ncn(CCCCCC(=O)O)c(=O)c2c1C. The molecule has 2 aromatic rings. The van der Waals surface area contributed by atoms with E-state index in [0.29, 0.717) is 13.0 Å². The predicted molar refractivity (Wildman–Crippen MR) is 79.5 cm³/mol. The molecule has 0 fully saturated rings. The molecule has 0 radical (unpaired) electrons. The Hall–Kier alpha value is -1.69. The number of carboxylic acid groups (broad SMARTS) is 1. The number of carbonyl (C=O) groups is 1. The molecular formula is C14H18N2O3S. The van der Waals surface area contributed by atoms with Crippen LogP contribution in [0, 0.1) is 13.8 Å². The number of thiophene rings is 1. The molecule has 0 bridgehead atoms. The average molecular weight is 294 g/mol. The number of aliphatic carboxylic acids is 1. The van der Waals surface area contributed by atoms with Crippen LogP contribution in [-0.2, 0) is 11.3 Å². The maximum absolute atomic E-state index is 12.4. The van der Waals surface area contributed by atoms with Crippen LogP contribution in [0.4, 0.5) is 0 Å². The van der Waals surface area contributed by atoms with Gasteiger partial charge >= 0.3 is 5.97 Å². The Labute approximate surface area is 120 Å². The van der Waals surface area contributed by atoms with Gasteiger partial charge in [0.2, 0.25) is 0 Å². The number of aromatic nitrogens is 2. The number of unbranched alkanes of at least 4 members (excludes halogenated alkanes) is 2. The van der Waals surface area contributed by atoms with E-state index in [9.17, 15) is 9.59 Å². The standard InChI is InChI=1S/C14H18N2O3S/c1-9-10(2)20-13-12(9)14(19)16(8-15-13)7-5-3-4-6-11(17)18/h8H,3-7H2,1-2H3,(H,17,18). The van der Waals surface area contributed by atoms with E-state index in [0.717, 1.165) is 33.5 Å². The van der Waals surface area contributed by atoms with Gasteiger partial charge in [0.25, 0.3) is 5.56 Å². The van der Waals surface area contributed by atoms with Crippen molar-refractivity contribution in [3.05, 3.63) is 27.1 Å². The molecule has 0 aliphatic carbocycles. The van der Waals surface area contributed by atoms with Crippen molar-refractivity contribution < 1.29 is 9.90 Å². The summed E-state index contributed by atoms with van der Waals surface area (Å²) < 4.78 is 1.63. The first kappa shape index (κ1) is 14.7. The highest BCUT2D eigenvalue weighted by molar-refractivity contribution is 7.18. The quantitative estimate of drug-likeness (QED) is 0.831. The number of nitrogens with zero attached hydrogens (tertiary/aromatic N) is 2. The molecule has 2 rings (SSSR count). The third-order valence-electron chi connectivity index (χ3n) is 3.45. The molecule has 108 valence electrons. The molecular weight excluding hydrogens is 276 g/mol. The summed E-state index contributed by atoms with van der Waals surface area (Å²) in [6, 6.07) is 0. The first-order valence-corrected chi connectivity index (χ1v) is 7.49. The highest BCUT2D eigenvalue weighted by atomic mass is 32.1. The van der Waals surface area contributed by atoms with E-state index >= 15 is 0 Å². The Morgan fingerprint density at radius 2 is 2.10 bits per heavy atom. The minimum atomic E-state index is -0.769. The van der Waals surface area contributed by atoms with Gasteiger partial charge < -0.3 is 5.11 Å². The summed E-state index contributed by atoms with van der Waals surface area (Å²) in [6.07, 6.45) is 4.03. The monoisotopic (exact) mass is 294 g/mol. The molecule has 2 heterocycles. The fraction of sp³-hybridized carbons (Fsp3) is 0.500. The van der Waals surface area contributed by atoms with Gasteiger partial charge in [-0.1, -0.05) is 6.42 Å². The molecule has 0 aliphatic rings. The molecule has 2 aromatic heterocycles. The predicted octanol–water partition coefficient (Wildman–Crippen LogP) is 2.72. The zero-order valence-electron chi connectivity index (χ0n) is 11.7. The fourth-order valence-electron chi connectivity index (χ4n) is 2.16. The van der Waals surface area contributed by atoms with Crippen LogP contribution < -0.4 is 5.56 Å². The molecule has 0 amide bonds. The van der Waals surface area contributed by atoms with Crippen molar-refractivity contribution in [3.63, 3.8) is 0 Å². The Morgan fingerprint density at radius 3 is 2.80 bits per heavy atom. The van der Waals surface area contributed by atoms with E-state index in [1.807, 2.05) is 13.8 Å². The van der Waals surface area contributed by atoms with Crippen LogP contribution in [0.2, 0.25) is 0 Å². The Morgan fingerprint density at radius 1 is 1.35 bits per heavy atom. The number of hydrogen-bond acceptors (Lipinski definition) is 4. The van der Waals surface area contributed by atoms with Crippen molar-refractivity contribution in [2.75, 3.05) is 0 Å². The van der Waals surface area contributed by atoms with Crippen molar-refractivity contribution in [1.29, 1.82) is 0 Å². The molecule has 0 atom stereocenters.